The third-order valence-electron chi connectivity index (χ3n) is 2.41. The summed E-state index contributed by atoms with van der Waals surface area (Å²) in [4.78, 5) is 23.6. The molecule has 0 radical (unpaired) electrons. The highest BCUT2D eigenvalue weighted by atomic mass is 16.2. The average Bonchev–Trinajstić information content (AvgIpc) is 2.35. The molecule has 19 heavy (non-hydrogen) atoms. The molecule has 0 heterocycles. The number of hydrogen-bond acceptors (Lipinski definition) is 2. The van der Waals surface area contributed by atoms with Crippen LogP contribution in [0.3, 0.4) is 0 Å². The number of rotatable bonds is 3. The largest absolute Gasteiger partial charge is 0.341 e. The van der Waals surface area contributed by atoms with Gasteiger partial charge < -0.3 is 10.6 Å². The van der Waals surface area contributed by atoms with E-state index >= 15 is 0 Å². The summed E-state index contributed by atoms with van der Waals surface area (Å²) in [5.74, 6) is 1.97. The van der Waals surface area contributed by atoms with Crippen LogP contribution in [-0.4, -0.2) is 18.4 Å². The molecule has 4 heteroatoms. The van der Waals surface area contributed by atoms with E-state index in [0.29, 0.717) is 11.3 Å². The second kappa shape index (κ2) is 6.05. The molecule has 0 unspecified atom stereocenters. The molecule has 0 aliphatic carbocycles. The van der Waals surface area contributed by atoms with Gasteiger partial charge in [0.1, 0.15) is 0 Å². The Labute approximate surface area is 113 Å². The monoisotopic (exact) mass is 258 g/mol. The van der Waals surface area contributed by atoms with E-state index in [-0.39, 0.29) is 18.4 Å². The second-order valence-corrected chi connectivity index (χ2v) is 5.17. The predicted octanol–water partition coefficient (Wildman–Crippen LogP) is 2.03. The number of amides is 2. The summed E-state index contributed by atoms with van der Waals surface area (Å²) in [6.45, 7) is 5.65. The second-order valence-electron chi connectivity index (χ2n) is 5.17. The Morgan fingerprint density at radius 2 is 2.00 bits per heavy atom. The zero-order chi connectivity index (χ0) is 14.5. The lowest BCUT2D eigenvalue weighted by atomic mass is 9.95. The van der Waals surface area contributed by atoms with Gasteiger partial charge in [-0.3, -0.25) is 9.59 Å². The minimum atomic E-state index is -0.484. The topological polar surface area (TPSA) is 58.2 Å². The molecule has 0 aliphatic rings. The highest BCUT2D eigenvalue weighted by Crippen LogP contribution is 2.18. The molecule has 1 aromatic carbocycles. The van der Waals surface area contributed by atoms with Gasteiger partial charge in [-0.15, -0.1) is 6.42 Å². The molecule has 0 saturated heterocycles. The van der Waals surface area contributed by atoms with Gasteiger partial charge >= 0.3 is 0 Å². The van der Waals surface area contributed by atoms with Gasteiger partial charge in [0.2, 0.25) is 5.91 Å². The molecular formula is C15H18N2O2. The zero-order valence-electron chi connectivity index (χ0n) is 11.4. The Balaban J connectivity index is 2.81. The first-order chi connectivity index (χ1) is 8.84. The van der Waals surface area contributed by atoms with E-state index in [2.05, 4.69) is 16.6 Å². The van der Waals surface area contributed by atoms with E-state index in [4.69, 9.17) is 6.42 Å². The Morgan fingerprint density at radius 1 is 1.32 bits per heavy atom. The maximum absolute atomic E-state index is 11.8. The summed E-state index contributed by atoms with van der Waals surface area (Å²) in [5, 5.41) is 5.35. The number of anilines is 1. The lowest BCUT2D eigenvalue weighted by molar-refractivity contribution is -0.123. The summed E-state index contributed by atoms with van der Waals surface area (Å²) >= 11 is 0. The maximum atomic E-state index is 11.8. The smallest absolute Gasteiger partial charge is 0.252 e. The fourth-order valence-electron chi connectivity index (χ4n) is 1.29. The van der Waals surface area contributed by atoms with Crippen LogP contribution in [-0.2, 0) is 4.79 Å². The number of nitrogens with one attached hydrogen (secondary N) is 2. The number of terminal acetylenes is 1. The minimum Gasteiger partial charge on any atom is -0.341 e. The van der Waals surface area contributed by atoms with Crippen molar-refractivity contribution >= 4 is 17.5 Å². The van der Waals surface area contributed by atoms with Gasteiger partial charge in [-0.25, -0.2) is 0 Å². The summed E-state index contributed by atoms with van der Waals surface area (Å²) in [6.07, 6.45) is 5.08. The highest BCUT2D eigenvalue weighted by molar-refractivity contribution is 5.98. The first kappa shape index (κ1) is 14.8. The molecule has 4 nitrogen and oxygen atoms in total. The SMILES string of the molecule is C#CCNC(=O)c1cccc(NC(=O)C(C)(C)C)c1. The standard InChI is InChI=1S/C15H18N2O2/c1-5-9-16-13(18)11-7-6-8-12(10-11)17-14(19)15(2,3)4/h1,6-8,10H,9H2,2-4H3,(H,16,18)(H,17,19). The third kappa shape index (κ3) is 4.47. The number of carbonyl (C=O) groups excluding carboxylic acids is 2. The van der Waals surface area contributed by atoms with Gasteiger partial charge in [-0.1, -0.05) is 32.8 Å². The van der Waals surface area contributed by atoms with Crippen LogP contribution in [0, 0.1) is 17.8 Å². The molecule has 1 rings (SSSR count). The quantitative estimate of drug-likeness (QED) is 0.815. The van der Waals surface area contributed by atoms with Crippen LogP contribution >= 0.6 is 0 Å². The van der Waals surface area contributed by atoms with E-state index in [0.717, 1.165) is 0 Å². The van der Waals surface area contributed by atoms with E-state index in [1.54, 1.807) is 24.3 Å². The van der Waals surface area contributed by atoms with E-state index < -0.39 is 5.41 Å². The summed E-state index contributed by atoms with van der Waals surface area (Å²) in [6, 6.07) is 6.73. The summed E-state index contributed by atoms with van der Waals surface area (Å²) in [7, 11) is 0. The molecule has 0 aromatic heterocycles. The van der Waals surface area contributed by atoms with Crippen LogP contribution in [0.2, 0.25) is 0 Å². The molecule has 100 valence electrons. The Kier molecular flexibility index (Phi) is 4.71. The number of benzene rings is 1. The zero-order valence-corrected chi connectivity index (χ0v) is 11.4. The average molecular weight is 258 g/mol. The van der Waals surface area contributed by atoms with Gasteiger partial charge in [-0.05, 0) is 18.2 Å². The molecule has 0 atom stereocenters. The lowest BCUT2D eigenvalue weighted by Crippen LogP contribution is -2.28. The Hall–Kier alpha value is -2.28. The van der Waals surface area contributed by atoms with Crippen molar-refractivity contribution in [3.8, 4) is 12.3 Å². The molecule has 2 amide bonds. The highest BCUT2D eigenvalue weighted by Gasteiger charge is 2.21. The molecular weight excluding hydrogens is 240 g/mol. The minimum absolute atomic E-state index is 0.103. The summed E-state index contributed by atoms with van der Waals surface area (Å²) in [5.41, 5.74) is 0.567. The van der Waals surface area contributed by atoms with Gasteiger partial charge in [0, 0.05) is 16.7 Å². The van der Waals surface area contributed by atoms with Crippen molar-refractivity contribution in [2.24, 2.45) is 5.41 Å². The van der Waals surface area contributed by atoms with Crippen LogP contribution < -0.4 is 10.6 Å². The third-order valence-corrected chi connectivity index (χ3v) is 2.41. The molecule has 0 spiro atoms. The van der Waals surface area contributed by atoms with Crippen LogP contribution in [0.15, 0.2) is 24.3 Å². The van der Waals surface area contributed by atoms with Crippen LogP contribution in [0.5, 0.6) is 0 Å². The van der Waals surface area contributed by atoms with Crippen molar-refractivity contribution in [1.82, 2.24) is 5.32 Å². The summed E-state index contributed by atoms with van der Waals surface area (Å²) < 4.78 is 0. The van der Waals surface area contributed by atoms with Crippen LogP contribution in [0.1, 0.15) is 31.1 Å². The predicted molar refractivity (Wildman–Crippen MR) is 75.7 cm³/mol. The molecule has 2 N–H and O–H groups in total. The van der Waals surface area contributed by atoms with E-state index in [1.807, 2.05) is 20.8 Å². The van der Waals surface area contributed by atoms with Gasteiger partial charge in [-0.2, -0.15) is 0 Å². The fraction of sp³-hybridized carbons (Fsp3) is 0.333. The van der Waals surface area contributed by atoms with E-state index in [9.17, 15) is 9.59 Å². The van der Waals surface area contributed by atoms with Crippen molar-refractivity contribution in [3.05, 3.63) is 29.8 Å². The van der Waals surface area contributed by atoms with Crippen LogP contribution in [0.25, 0.3) is 0 Å². The van der Waals surface area contributed by atoms with Gasteiger partial charge in [0.15, 0.2) is 0 Å². The van der Waals surface area contributed by atoms with Crippen molar-refractivity contribution in [1.29, 1.82) is 0 Å². The van der Waals surface area contributed by atoms with Crippen molar-refractivity contribution < 1.29 is 9.59 Å². The first-order valence-electron chi connectivity index (χ1n) is 5.98. The van der Waals surface area contributed by atoms with Crippen LogP contribution in [0.4, 0.5) is 5.69 Å². The maximum Gasteiger partial charge on any atom is 0.252 e. The molecule has 1 aromatic rings. The molecule has 0 fully saturated rings. The van der Waals surface area contributed by atoms with Crippen molar-refractivity contribution in [3.63, 3.8) is 0 Å². The lowest BCUT2D eigenvalue weighted by Gasteiger charge is -2.17. The first-order valence-corrected chi connectivity index (χ1v) is 5.98. The number of carbonyl (C=O) groups is 2. The molecule has 0 bridgehead atoms. The normalized spacial score (nSPS) is 10.4. The molecule has 0 aliphatic heterocycles. The van der Waals surface area contributed by atoms with Crippen molar-refractivity contribution in [2.75, 3.05) is 11.9 Å². The van der Waals surface area contributed by atoms with Gasteiger partial charge in [0.05, 0.1) is 6.54 Å². The number of hydrogen-bond donors (Lipinski definition) is 2. The van der Waals surface area contributed by atoms with Crippen molar-refractivity contribution in [2.45, 2.75) is 20.8 Å². The molecule has 0 saturated carbocycles. The Bertz CT molecular complexity index is 522. The van der Waals surface area contributed by atoms with Gasteiger partial charge in [0.25, 0.3) is 5.91 Å². The Morgan fingerprint density at radius 3 is 2.58 bits per heavy atom. The van der Waals surface area contributed by atoms with E-state index in [1.165, 1.54) is 0 Å². The fourth-order valence-corrected chi connectivity index (χ4v) is 1.29.